The summed E-state index contributed by atoms with van der Waals surface area (Å²) in [5, 5.41) is 0. The molecule has 0 aliphatic heterocycles. The zero-order valence-electron chi connectivity index (χ0n) is 23.1. The second kappa shape index (κ2) is 20.7. The first-order chi connectivity index (χ1) is 18.2. The van der Waals surface area contributed by atoms with E-state index in [9.17, 15) is 14.2 Å². The third kappa shape index (κ3) is 17.3. The Balaban J connectivity index is 2.27. The second-order valence-electron chi connectivity index (χ2n) is 9.24. The third-order valence-corrected chi connectivity index (χ3v) is 6.91. The summed E-state index contributed by atoms with van der Waals surface area (Å²) >= 11 is 0. The Kier molecular flexibility index (Phi) is 18.4. The highest BCUT2D eigenvalue weighted by Crippen LogP contribution is 2.50. The minimum Gasteiger partial charge on any atom is -0.462 e. The normalized spacial score (nSPS) is 11.2. The summed E-state index contributed by atoms with van der Waals surface area (Å²) in [6.07, 6.45) is 8.60. The number of esters is 2. The number of hydrogen-bond donors (Lipinski definition) is 0. The Bertz CT molecular complexity index is 836. The van der Waals surface area contributed by atoms with E-state index < -0.39 is 7.82 Å². The highest BCUT2D eigenvalue weighted by molar-refractivity contribution is 7.48. The topological polar surface area (TPSA) is 97.4 Å². The molecular weight excluding hydrogens is 507 g/mol. The van der Waals surface area contributed by atoms with Gasteiger partial charge in [0.05, 0.1) is 33.0 Å². The van der Waals surface area contributed by atoms with Gasteiger partial charge in [0.25, 0.3) is 0 Å². The lowest BCUT2D eigenvalue weighted by Gasteiger charge is -2.18. The maximum Gasteiger partial charge on any atom is 0.475 e. The lowest BCUT2D eigenvalue weighted by Crippen LogP contribution is -2.06. The van der Waals surface area contributed by atoms with Crippen LogP contribution in [0.4, 0.5) is 0 Å². The van der Waals surface area contributed by atoms with E-state index in [1.165, 1.54) is 0 Å². The van der Waals surface area contributed by atoms with Gasteiger partial charge in [-0.15, -0.1) is 0 Å². The first kappa shape index (κ1) is 33.8. The molecule has 0 atom stereocenters. The molecule has 0 aliphatic carbocycles. The largest absolute Gasteiger partial charge is 0.475 e. The van der Waals surface area contributed by atoms with Crippen molar-refractivity contribution in [2.45, 2.75) is 84.7 Å². The Morgan fingerprint density at radius 3 is 1.45 bits per heavy atom. The summed E-state index contributed by atoms with van der Waals surface area (Å²) in [4.78, 5) is 22.7. The number of benzene rings is 1. The monoisotopic (exact) mass is 552 g/mol. The molecular formula is C29H45O8P. The summed E-state index contributed by atoms with van der Waals surface area (Å²) in [6, 6.07) is 9.48. The minimum absolute atomic E-state index is 0.143. The Morgan fingerprint density at radius 2 is 1.03 bits per heavy atom. The van der Waals surface area contributed by atoms with Gasteiger partial charge in [0, 0.05) is 11.1 Å². The molecule has 0 saturated heterocycles. The van der Waals surface area contributed by atoms with Crippen LogP contribution in [0, 0.1) is 0 Å². The Morgan fingerprint density at radius 1 is 0.632 bits per heavy atom. The molecule has 1 aromatic carbocycles. The van der Waals surface area contributed by atoms with E-state index in [1.54, 1.807) is 13.8 Å². The van der Waals surface area contributed by atoms with Crippen molar-refractivity contribution in [1.82, 2.24) is 0 Å². The molecule has 0 N–H and O–H groups in total. The summed E-state index contributed by atoms with van der Waals surface area (Å²) in [6.45, 7) is 11.8. The fraction of sp³-hybridized carbons (Fsp3) is 0.586. The zero-order valence-corrected chi connectivity index (χ0v) is 24.0. The molecule has 0 spiro atoms. The van der Waals surface area contributed by atoms with Crippen molar-refractivity contribution in [2.24, 2.45) is 0 Å². The molecule has 0 bridgehead atoms. The Hall–Kier alpha value is -2.25. The van der Waals surface area contributed by atoms with Crippen LogP contribution in [0.15, 0.2) is 54.6 Å². The van der Waals surface area contributed by atoms with Crippen LogP contribution < -0.4 is 0 Å². The van der Waals surface area contributed by atoms with E-state index in [4.69, 9.17) is 23.0 Å². The zero-order chi connectivity index (χ0) is 28.1. The molecule has 0 aliphatic rings. The molecule has 0 unspecified atom stereocenters. The standard InChI is InChI=1S/C29H45O8P/c1-25(2)28(30)33-20-14-7-5-9-16-22-35-38(32,37-24-27-18-12-11-13-19-27)36-23-17-10-6-8-15-21-34-29(31)26(3)4/h11-13,18-19H,1,3,5-10,14-17,20-24H2,2,4H3. The maximum atomic E-state index is 13.2. The van der Waals surface area contributed by atoms with E-state index >= 15 is 0 Å². The van der Waals surface area contributed by atoms with E-state index in [0.717, 1.165) is 69.8 Å². The minimum atomic E-state index is -3.69. The maximum absolute atomic E-state index is 13.2. The molecule has 0 heterocycles. The molecule has 0 saturated carbocycles. The lowest BCUT2D eigenvalue weighted by atomic mass is 10.1. The molecule has 0 aromatic heterocycles. The number of rotatable bonds is 23. The average molecular weight is 553 g/mol. The fourth-order valence-corrected chi connectivity index (χ4v) is 4.47. The second-order valence-corrected chi connectivity index (χ2v) is 10.9. The third-order valence-electron chi connectivity index (χ3n) is 5.47. The van der Waals surface area contributed by atoms with Gasteiger partial charge in [0.2, 0.25) is 0 Å². The van der Waals surface area contributed by atoms with Gasteiger partial charge in [-0.1, -0.05) is 82.0 Å². The smallest absolute Gasteiger partial charge is 0.462 e. The molecule has 1 rings (SSSR count). The van der Waals surface area contributed by atoms with E-state index in [2.05, 4.69) is 13.2 Å². The van der Waals surface area contributed by atoms with Gasteiger partial charge in [-0.25, -0.2) is 14.2 Å². The van der Waals surface area contributed by atoms with Gasteiger partial charge in [0.1, 0.15) is 0 Å². The number of phosphoric ester groups is 1. The first-order valence-electron chi connectivity index (χ1n) is 13.5. The highest BCUT2D eigenvalue weighted by atomic mass is 31.2. The van der Waals surface area contributed by atoms with Crippen molar-refractivity contribution in [2.75, 3.05) is 26.4 Å². The fourth-order valence-electron chi connectivity index (χ4n) is 3.24. The molecule has 1 aromatic rings. The summed E-state index contributed by atoms with van der Waals surface area (Å²) < 4.78 is 40.2. The summed E-state index contributed by atoms with van der Waals surface area (Å²) in [7, 11) is -3.69. The number of unbranched alkanes of at least 4 members (excludes halogenated alkanes) is 8. The number of carbonyl (C=O) groups excluding carboxylic acids is 2. The van der Waals surface area contributed by atoms with Gasteiger partial charge < -0.3 is 9.47 Å². The van der Waals surface area contributed by atoms with Crippen LogP contribution in [0.3, 0.4) is 0 Å². The molecule has 8 nitrogen and oxygen atoms in total. The quantitative estimate of drug-likeness (QED) is 0.0596. The van der Waals surface area contributed by atoms with Crippen LogP contribution in [0.5, 0.6) is 0 Å². The summed E-state index contributed by atoms with van der Waals surface area (Å²) in [5.74, 6) is -0.711. The predicted molar refractivity (Wildman–Crippen MR) is 148 cm³/mol. The van der Waals surface area contributed by atoms with Gasteiger partial charge >= 0.3 is 19.8 Å². The molecule has 0 radical (unpaired) electrons. The van der Waals surface area contributed by atoms with Crippen molar-refractivity contribution < 1.29 is 37.2 Å². The van der Waals surface area contributed by atoms with Crippen LogP contribution in [0.1, 0.15) is 83.6 Å². The van der Waals surface area contributed by atoms with E-state index in [1.807, 2.05) is 30.3 Å². The number of phosphoric acid groups is 1. The average Bonchev–Trinajstić information content (AvgIpc) is 2.90. The van der Waals surface area contributed by atoms with Gasteiger partial charge in [-0.05, 0) is 45.1 Å². The van der Waals surface area contributed by atoms with Crippen molar-refractivity contribution in [3.05, 3.63) is 60.2 Å². The van der Waals surface area contributed by atoms with Crippen molar-refractivity contribution in [1.29, 1.82) is 0 Å². The van der Waals surface area contributed by atoms with Crippen LogP contribution in [0.25, 0.3) is 0 Å². The summed E-state index contributed by atoms with van der Waals surface area (Å²) in [5.41, 5.74) is 1.70. The number of hydrogen-bond acceptors (Lipinski definition) is 8. The highest BCUT2D eigenvalue weighted by Gasteiger charge is 2.26. The molecule has 9 heteroatoms. The predicted octanol–water partition coefficient (Wildman–Crippen LogP) is 7.48. The van der Waals surface area contributed by atoms with Crippen molar-refractivity contribution in [3.8, 4) is 0 Å². The van der Waals surface area contributed by atoms with Gasteiger partial charge in [0.15, 0.2) is 0 Å². The van der Waals surface area contributed by atoms with Gasteiger partial charge in [-0.3, -0.25) is 13.6 Å². The van der Waals surface area contributed by atoms with E-state index in [0.29, 0.717) is 24.4 Å². The molecule has 0 fully saturated rings. The van der Waals surface area contributed by atoms with Crippen LogP contribution in [0.2, 0.25) is 0 Å². The van der Waals surface area contributed by atoms with E-state index in [-0.39, 0.29) is 31.8 Å². The first-order valence-corrected chi connectivity index (χ1v) is 14.9. The SMILES string of the molecule is C=C(C)C(=O)OCCCCCCCOP(=O)(OCCCCCCCOC(=O)C(=C)C)OCc1ccccc1. The van der Waals surface area contributed by atoms with Gasteiger partial charge in [-0.2, -0.15) is 0 Å². The Labute approximate surface area is 228 Å². The van der Waals surface area contributed by atoms with Crippen molar-refractivity contribution in [3.63, 3.8) is 0 Å². The van der Waals surface area contributed by atoms with Crippen molar-refractivity contribution >= 4 is 19.8 Å². The molecule has 38 heavy (non-hydrogen) atoms. The lowest BCUT2D eigenvalue weighted by molar-refractivity contribution is -0.139. The molecule has 214 valence electrons. The van der Waals surface area contributed by atoms with Crippen LogP contribution in [-0.2, 0) is 43.8 Å². The number of carbonyl (C=O) groups is 2. The number of ether oxygens (including phenoxy) is 2. The molecule has 0 amide bonds. The van der Waals surface area contributed by atoms with Crippen LogP contribution >= 0.6 is 7.82 Å². The van der Waals surface area contributed by atoms with Crippen LogP contribution in [-0.4, -0.2) is 38.4 Å².